The molecule has 5 nitrogen and oxygen atoms in total. The summed E-state index contributed by atoms with van der Waals surface area (Å²) in [4.78, 5) is 12.0. The number of nitrogens with one attached hydrogen (secondary N) is 1. The van der Waals surface area contributed by atoms with Gasteiger partial charge in [0.15, 0.2) is 11.5 Å². The van der Waals surface area contributed by atoms with E-state index in [0.717, 1.165) is 0 Å². The van der Waals surface area contributed by atoms with Crippen LogP contribution in [-0.2, 0) is 4.79 Å². The molecule has 1 heterocycles. The predicted octanol–water partition coefficient (Wildman–Crippen LogP) is 2.18. The van der Waals surface area contributed by atoms with Crippen LogP contribution in [0.2, 0.25) is 5.02 Å². The van der Waals surface area contributed by atoms with Crippen molar-refractivity contribution >= 4 is 23.2 Å². The summed E-state index contributed by atoms with van der Waals surface area (Å²) in [5, 5.41) is 3.11. The first-order valence-electron chi connectivity index (χ1n) is 6.13. The van der Waals surface area contributed by atoms with Gasteiger partial charge in [-0.2, -0.15) is 0 Å². The van der Waals surface area contributed by atoms with Crippen molar-refractivity contribution < 1.29 is 14.3 Å². The lowest BCUT2D eigenvalue weighted by molar-refractivity contribution is -0.120. The molecule has 19 heavy (non-hydrogen) atoms. The lowest BCUT2D eigenvalue weighted by atomic mass is 9.99. The minimum Gasteiger partial charge on any atom is -0.486 e. The van der Waals surface area contributed by atoms with Crippen LogP contribution in [0.4, 0.5) is 5.69 Å². The van der Waals surface area contributed by atoms with E-state index in [9.17, 15) is 4.79 Å². The van der Waals surface area contributed by atoms with Gasteiger partial charge in [-0.15, -0.1) is 0 Å². The zero-order chi connectivity index (χ0) is 14.0. The Morgan fingerprint density at radius 3 is 2.58 bits per heavy atom. The van der Waals surface area contributed by atoms with Crippen molar-refractivity contribution in [2.45, 2.75) is 25.8 Å². The van der Waals surface area contributed by atoms with Gasteiger partial charge in [0.2, 0.25) is 5.91 Å². The van der Waals surface area contributed by atoms with Crippen molar-refractivity contribution in [3.63, 3.8) is 0 Å². The number of nitrogens with two attached hydrogens (primary N) is 1. The Morgan fingerprint density at radius 2 is 2.00 bits per heavy atom. The van der Waals surface area contributed by atoms with Crippen molar-refractivity contribution in [1.82, 2.24) is 0 Å². The summed E-state index contributed by atoms with van der Waals surface area (Å²) in [5.74, 6) is 0.870. The van der Waals surface area contributed by atoms with Gasteiger partial charge in [0.1, 0.15) is 13.2 Å². The number of ether oxygens (including phenoxy) is 2. The molecular weight excluding hydrogens is 268 g/mol. The summed E-state index contributed by atoms with van der Waals surface area (Å²) >= 11 is 6.11. The Balaban J connectivity index is 2.24. The number of anilines is 1. The molecule has 1 aliphatic rings. The lowest BCUT2D eigenvalue weighted by Gasteiger charge is -2.23. The molecule has 1 aromatic carbocycles. The summed E-state index contributed by atoms with van der Waals surface area (Å²) in [5.41, 5.74) is 5.42. The minimum absolute atomic E-state index is 0.284. The van der Waals surface area contributed by atoms with Gasteiger partial charge in [0.05, 0.1) is 16.2 Å². The van der Waals surface area contributed by atoms with Crippen LogP contribution in [0.15, 0.2) is 12.1 Å². The summed E-state index contributed by atoms with van der Waals surface area (Å²) in [6.07, 6.45) is 0.529. The van der Waals surface area contributed by atoms with Crippen molar-refractivity contribution in [2.24, 2.45) is 5.73 Å². The average molecular weight is 285 g/mol. The molecule has 0 spiro atoms. The van der Waals surface area contributed by atoms with E-state index in [1.165, 1.54) is 0 Å². The maximum absolute atomic E-state index is 12.0. The highest BCUT2D eigenvalue weighted by molar-refractivity contribution is 6.34. The van der Waals surface area contributed by atoms with Gasteiger partial charge in [-0.1, -0.05) is 18.5 Å². The fraction of sp³-hybridized carbons (Fsp3) is 0.462. The molecular formula is C13H17ClN2O3. The molecule has 0 saturated carbocycles. The summed E-state index contributed by atoms with van der Waals surface area (Å²) in [7, 11) is 0. The van der Waals surface area contributed by atoms with Crippen molar-refractivity contribution in [1.29, 1.82) is 0 Å². The largest absolute Gasteiger partial charge is 0.486 e. The van der Waals surface area contributed by atoms with Gasteiger partial charge in [-0.25, -0.2) is 0 Å². The third-order valence-electron chi connectivity index (χ3n) is 3.13. The molecule has 3 N–H and O–H groups in total. The second kappa shape index (κ2) is 5.27. The van der Waals surface area contributed by atoms with Crippen LogP contribution in [0.3, 0.4) is 0 Å². The summed E-state index contributed by atoms with van der Waals surface area (Å²) in [6.45, 7) is 4.50. The zero-order valence-electron chi connectivity index (χ0n) is 11.0. The number of amides is 1. The zero-order valence-corrected chi connectivity index (χ0v) is 11.7. The van der Waals surface area contributed by atoms with Crippen LogP contribution < -0.4 is 20.5 Å². The van der Waals surface area contributed by atoms with Crippen molar-refractivity contribution in [2.75, 3.05) is 18.5 Å². The summed E-state index contributed by atoms with van der Waals surface area (Å²) < 4.78 is 10.9. The molecule has 1 unspecified atom stereocenters. The second-order valence-corrected chi connectivity index (χ2v) is 5.11. The highest BCUT2D eigenvalue weighted by Gasteiger charge is 2.27. The van der Waals surface area contributed by atoms with Gasteiger partial charge in [0.25, 0.3) is 0 Å². The molecule has 0 radical (unpaired) electrons. The van der Waals surface area contributed by atoms with E-state index in [1.807, 2.05) is 6.92 Å². The molecule has 2 rings (SSSR count). The normalized spacial score (nSPS) is 16.6. The molecule has 0 saturated heterocycles. The molecule has 1 aliphatic heterocycles. The SMILES string of the molecule is CCC(C)(N)C(=O)Nc1cc2c(cc1Cl)OCCO2. The molecule has 0 aromatic heterocycles. The van der Waals surface area contributed by atoms with E-state index < -0.39 is 5.54 Å². The maximum Gasteiger partial charge on any atom is 0.244 e. The smallest absolute Gasteiger partial charge is 0.244 e. The average Bonchev–Trinajstić information content (AvgIpc) is 2.39. The van der Waals surface area contributed by atoms with Crippen LogP contribution in [0.25, 0.3) is 0 Å². The molecule has 1 amide bonds. The standard InChI is InChI=1S/C13H17ClN2O3/c1-3-13(2,15)12(17)16-9-7-11-10(6-8(9)14)18-4-5-19-11/h6-7H,3-5,15H2,1-2H3,(H,16,17). The van der Waals surface area contributed by atoms with Crippen LogP contribution in [0.1, 0.15) is 20.3 Å². The Kier molecular flexibility index (Phi) is 3.87. The maximum atomic E-state index is 12.0. The highest BCUT2D eigenvalue weighted by Crippen LogP contribution is 2.38. The second-order valence-electron chi connectivity index (χ2n) is 4.70. The van der Waals surface area contributed by atoms with E-state index in [0.29, 0.717) is 41.8 Å². The number of halogens is 1. The fourth-order valence-corrected chi connectivity index (χ4v) is 1.79. The first-order chi connectivity index (χ1) is 8.94. The lowest BCUT2D eigenvalue weighted by Crippen LogP contribution is -2.47. The molecule has 104 valence electrons. The van der Waals surface area contributed by atoms with Crippen molar-refractivity contribution in [3.8, 4) is 11.5 Å². The Labute approximate surface area is 117 Å². The van der Waals surface area contributed by atoms with E-state index in [1.54, 1.807) is 19.1 Å². The topological polar surface area (TPSA) is 73.6 Å². The van der Waals surface area contributed by atoms with Gasteiger partial charge in [0, 0.05) is 12.1 Å². The number of hydrogen-bond donors (Lipinski definition) is 2. The molecule has 0 aliphatic carbocycles. The first-order valence-corrected chi connectivity index (χ1v) is 6.51. The van der Waals surface area contributed by atoms with Crippen molar-refractivity contribution in [3.05, 3.63) is 17.2 Å². The van der Waals surface area contributed by atoms with Gasteiger partial charge in [-0.3, -0.25) is 4.79 Å². The number of rotatable bonds is 3. The van der Waals surface area contributed by atoms with E-state index in [4.69, 9.17) is 26.8 Å². The van der Waals surface area contributed by atoms with Crippen LogP contribution >= 0.6 is 11.6 Å². The quantitative estimate of drug-likeness (QED) is 0.892. The number of carbonyl (C=O) groups excluding carboxylic acids is 1. The van der Waals surface area contributed by atoms with E-state index in [2.05, 4.69) is 5.32 Å². The first kappa shape index (κ1) is 14.0. The predicted molar refractivity (Wildman–Crippen MR) is 74.0 cm³/mol. The third-order valence-corrected chi connectivity index (χ3v) is 3.45. The summed E-state index contributed by atoms with van der Waals surface area (Å²) in [6, 6.07) is 3.28. The van der Waals surface area contributed by atoms with E-state index in [-0.39, 0.29) is 5.91 Å². The molecule has 6 heteroatoms. The van der Waals surface area contributed by atoms with Crippen LogP contribution in [-0.4, -0.2) is 24.7 Å². The van der Waals surface area contributed by atoms with Gasteiger partial charge in [-0.05, 0) is 13.3 Å². The number of hydrogen-bond acceptors (Lipinski definition) is 4. The highest BCUT2D eigenvalue weighted by atomic mass is 35.5. The number of carbonyl (C=O) groups is 1. The third kappa shape index (κ3) is 2.93. The molecule has 1 aromatic rings. The fourth-order valence-electron chi connectivity index (χ4n) is 1.59. The minimum atomic E-state index is -0.934. The number of benzene rings is 1. The molecule has 1 atom stereocenters. The Hall–Kier alpha value is -1.46. The van der Waals surface area contributed by atoms with Gasteiger partial charge < -0.3 is 20.5 Å². The number of fused-ring (bicyclic) bond motifs is 1. The Morgan fingerprint density at radius 1 is 1.42 bits per heavy atom. The van der Waals surface area contributed by atoms with E-state index >= 15 is 0 Å². The van der Waals surface area contributed by atoms with Gasteiger partial charge >= 0.3 is 0 Å². The Bertz CT molecular complexity index is 503. The van der Waals surface area contributed by atoms with Crippen LogP contribution in [0, 0.1) is 0 Å². The van der Waals surface area contributed by atoms with Crippen LogP contribution in [0.5, 0.6) is 11.5 Å². The molecule has 0 bridgehead atoms. The monoisotopic (exact) mass is 284 g/mol. The molecule has 0 fully saturated rings.